The number of methoxy groups -OCH3 is 3. The van der Waals surface area contributed by atoms with E-state index in [0.29, 0.717) is 39.7 Å². The van der Waals surface area contributed by atoms with Gasteiger partial charge in [0.2, 0.25) is 0 Å². The molecule has 11 rings (SSSR count). The van der Waals surface area contributed by atoms with Crippen molar-refractivity contribution < 1.29 is 28.5 Å². The lowest BCUT2D eigenvalue weighted by Gasteiger charge is -2.48. The zero-order valence-electron chi connectivity index (χ0n) is 54.5. The van der Waals surface area contributed by atoms with E-state index in [1.54, 1.807) is 59.5 Å². The second kappa shape index (κ2) is 23.7. The van der Waals surface area contributed by atoms with Gasteiger partial charge in [0.25, 0.3) is 11.4 Å². The van der Waals surface area contributed by atoms with E-state index in [0.717, 1.165) is 112 Å². The van der Waals surface area contributed by atoms with Gasteiger partial charge in [0, 0.05) is 84.1 Å². The third-order valence-corrected chi connectivity index (χ3v) is 19.5. The highest BCUT2D eigenvalue weighted by Gasteiger charge is 2.46. The summed E-state index contributed by atoms with van der Waals surface area (Å²) in [6.07, 6.45) is 22.4. The van der Waals surface area contributed by atoms with Crippen LogP contribution in [0.2, 0.25) is 0 Å². The van der Waals surface area contributed by atoms with Crippen molar-refractivity contribution in [1.29, 1.82) is 10.5 Å². The first-order valence-electron chi connectivity index (χ1n) is 30.6. The molecule has 0 saturated heterocycles. The van der Waals surface area contributed by atoms with Gasteiger partial charge < -0.3 is 38.4 Å². The smallest absolute Gasteiger partial charge is 0.269 e. The van der Waals surface area contributed by atoms with Gasteiger partial charge in [-0.2, -0.15) is 0 Å². The van der Waals surface area contributed by atoms with Crippen molar-refractivity contribution in [2.45, 2.75) is 168 Å². The Morgan fingerprint density at radius 1 is 0.483 bits per heavy atom. The molecule has 87 heavy (non-hydrogen) atoms. The maximum atomic E-state index is 11.6. The minimum Gasteiger partial charge on any atom is -0.496 e. The van der Waals surface area contributed by atoms with Crippen molar-refractivity contribution in [3.05, 3.63) is 173 Å². The van der Waals surface area contributed by atoms with Crippen molar-refractivity contribution in [3.63, 3.8) is 0 Å². The first kappa shape index (κ1) is 63.1. The number of ether oxygens (including phenoxy) is 5. The zero-order chi connectivity index (χ0) is 63.3. The molecular formula is C74H87N7O6. The molecule has 0 aliphatic carbocycles. The first-order chi connectivity index (χ1) is 41.0. The molecule has 0 atom stereocenters. The molecule has 0 saturated carbocycles. The summed E-state index contributed by atoms with van der Waals surface area (Å²) >= 11 is 0. The fourth-order valence-corrected chi connectivity index (χ4v) is 14.1. The summed E-state index contributed by atoms with van der Waals surface area (Å²) in [7, 11) is 5.20. The van der Waals surface area contributed by atoms with E-state index >= 15 is 0 Å². The third kappa shape index (κ3) is 11.8. The predicted molar refractivity (Wildman–Crippen MR) is 349 cm³/mol. The molecule has 13 heteroatoms. The van der Waals surface area contributed by atoms with E-state index in [9.17, 15) is 10.1 Å². The molecule has 0 radical (unpaired) electrons. The van der Waals surface area contributed by atoms with Gasteiger partial charge in [-0.15, -0.1) is 0 Å². The van der Waals surface area contributed by atoms with Crippen LogP contribution in [0.3, 0.4) is 0 Å². The lowest BCUT2D eigenvalue weighted by Crippen LogP contribution is -2.45. The van der Waals surface area contributed by atoms with Crippen molar-refractivity contribution in [1.82, 2.24) is 0 Å². The van der Waals surface area contributed by atoms with Gasteiger partial charge in [0.15, 0.2) is 6.29 Å². The standard InChI is InChI=1S/C46H54N4O3.C18H25NO2.C10H8N2O/c1-43(2)16-20-49-22-18-45(5,6)37-39(49)34(43)26-29(41(37)51-10)12-14-32-24-31(36(28-47)48-9)25-33(53-32)15-13-30-27-35-40-38(42(30)52-11)46(7,8)19-23-50(40)21-17-44(35,3)4;1-17(2)6-8-19-9-7-18(3,4)14-15(19)13(17)10-12(11-20)16(14)21-5;1-7-4-9(5-8(2)13-7)10(6-11)12-3/h12-15,24-27H,16-23H2,1-8,10-11H3;10-11H,6-9H2,1-5H3;4-5H,1-2H3/b14-12+,15-13+;;. The Hall–Kier alpha value is -8.39. The summed E-state index contributed by atoms with van der Waals surface area (Å²) < 4.78 is 29.8. The van der Waals surface area contributed by atoms with Crippen LogP contribution in [-0.2, 0) is 42.0 Å². The molecule has 454 valence electrons. The zero-order valence-corrected chi connectivity index (χ0v) is 54.5. The van der Waals surface area contributed by atoms with E-state index in [4.69, 9.17) is 42.1 Å². The summed E-state index contributed by atoms with van der Waals surface area (Å²) in [6, 6.07) is 10.6. The van der Waals surface area contributed by atoms with Crippen molar-refractivity contribution in [3.8, 4) is 29.4 Å². The Labute approximate surface area is 517 Å². The van der Waals surface area contributed by atoms with Crippen LogP contribution in [0.4, 0.5) is 17.1 Å². The van der Waals surface area contributed by atoms with Gasteiger partial charge in [-0.1, -0.05) is 83.1 Å². The van der Waals surface area contributed by atoms with E-state index in [2.05, 4.69) is 144 Å². The van der Waals surface area contributed by atoms with E-state index in [1.807, 2.05) is 18.2 Å². The number of nitrogens with zero attached hydrogens (tertiary/aromatic N) is 7. The van der Waals surface area contributed by atoms with Crippen molar-refractivity contribution >= 4 is 35.5 Å². The summed E-state index contributed by atoms with van der Waals surface area (Å²) in [5, 5.41) is 18.5. The van der Waals surface area contributed by atoms with Gasteiger partial charge >= 0.3 is 0 Å². The van der Waals surface area contributed by atoms with Crippen molar-refractivity contribution in [2.75, 3.05) is 75.3 Å². The number of nitriles is 2. The van der Waals surface area contributed by atoms with Crippen LogP contribution in [0.25, 0.3) is 21.8 Å². The number of hydrogen-bond donors (Lipinski definition) is 0. The van der Waals surface area contributed by atoms with Gasteiger partial charge in [-0.05, 0) is 180 Å². The molecule has 0 spiro atoms. The van der Waals surface area contributed by atoms with E-state index < -0.39 is 0 Å². The average molecular weight is 1170 g/mol. The third-order valence-electron chi connectivity index (χ3n) is 19.5. The fraction of sp³-hybridized carbons (Fsp3) is 0.473. The highest BCUT2D eigenvalue weighted by atomic mass is 16.5. The molecule has 0 amide bonds. The lowest BCUT2D eigenvalue weighted by molar-refractivity contribution is 0.112. The van der Waals surface area contributed by atoms with Gasteiger partial charge in [0.05, 0.1) is 63.7 Å². The van der Waals surface area contributed by atoms with Crippen LogP contribution >= 0.6 is 0 Å². The maximum Gasteiger partial charge on any atom is 0.269 e. The molecule has 0 aromatic heterocycles. The maximum absolute atomic E-state index is 11.6. The van der Waals surface area contributed by atoms with Crippen LogP contribution in [-0.4, -0.2) is 66.9 Å². The second-order valence-corrected chi connectivity index (χ2v) is 28.2. The SMILES string of the molecule is COc1c(C=O)cc2c3c1C(C)(C)CCN3CCC2(C)C.[C-]#[N+]C(C#N)=C1C=C(/C=C/c2cc3c4c(c2OC)C(C)(C)CCN4CCC3(C)C)OC(/C=C/c2cc3c4c(c2OC)C(C)(C)CCN4CCC3(C)C)=C1.[C-]#[N+]C(C#N)=C1C=C(C)OC(C)=C1. The number of benzene rings is 3. The summed E-state index contributed by atoms with van der Waals surface area (Å²) in [6.45, 7) is 52.2. The largest absolute Gasteiger partial charge is 0.496 e. The minimum atomic E-state index is -0.0450. The molecular weight excluding hydrogens is 1080 g/mol. The van der Waals surface area contributed by atoms with Crippen LogP contribution in [0.1, 0.15) is 190 Å². The highest BCUT2D eigenvalue weighted by molar-refractivity contribution is 5.87. The monoisotopic (exact) mass is 1170 g/mol. The molecule has 8 aliphatic rings. The first-order valence-corrected chi connectivity index (χ1v) is 30.6. The number of carbonyl (C=O) groups is 1. The average Bonchev–Trinajstić information content (AvgIpc) is 0.787. The number of aldehydes is 1. The Bertz CT molecular complexity index is 3590. The van der Waals surface area contributed by atoms with E-state index in [-0.39, 0.29) is 43.9 Å². The van der Waals surface area contributed by atoms with Crippen LogP contribution in [0, 0.1) is 35.8 Å². The quantitative estimate of drug-likeness (QED) is 0.121. The van der Waals surface area contributed by atoms with Gasteiger partial charge in [-0.3, -0.25) is 4.79 Å². The molecule has 13 nitrogen and oxygen atoms in total. The molecule has 0 fully saturated rings. The topological polar surface area (TPSA) is 129 Å². The Morgan fingerprint density at radius 2 is 0.782 bits per heavy atom. The lowest BCUT2D eigenvalue weighted by atomic mass is 9.68. The molecule has 8 aliphatic heterocycles. The summed E-state index contributed by atoms with van der Waals surface area (Å²) in [5.41, 5.74) is 15.8. The Morgan fingerprint density at radius 3 is 1.08 bits per heavy atom. The molecule has 0 unspecified atom stereocenters. The minimum absolute atomic E-state index is 0.0175. The highest BCUT2D eigenvalue weighted by Crippen LogP contribution is 2.57. The van der Waals surface area contributed by atoms with Crippen LogP contribution in [0.5, 0.6) is 17.2 Å². The Kier molecular flexibility index (Phi) is 17.2. The number of hydrogen-bond acceptors (Lipinski definition) is 11. The van der Waals surface area contributed by atoms with Gasteiger partial charge in [-0.25, -0.2) is 20.2 Å². The normalized spacial score (nSPS) is 20.5. The predicted octanol–water partition coefficient (Wildman–Crippen LogP) is 16.5. The van der Waals surface area contributed by atoms with Gasteiger partial charge in [0.1, 0.15) is 28.8 Å². The molecule has 8 heterocycles. The number of carbonyl (C=O) groups excluding carboxylic acids is 1. The molecule has 3 aromatic carbocycles. The Balaban J connectivity index is 0.000000215. The fourth-order valence-electron chi connectivity index (χ4n) is 14.1. The number of anilines is 3. The molecule has 3 aromatic rings. The van der Waals surface area contributed by atoms with Crippen molar-refractivity contribution in [2.24, 2.45) is 0 Å². The van der Waals surface area contributed by atoms with Crippen LogP contribution in [0.15, 0.2) is 100 Å². The number of allylic oxidation sites excluding steroid dienone is 12. The molecule has 0 N–H and O–H groups in total. The second-order valence-electron chi connectivity index (χ2n) is 28.2. The van der Waals surface area contributed by atoms with Crippen LogP contribution < -0.4 is 28.9 Å². The van der Waals surface area contributed by atoms with E-state index in [1.165, 1.54) is 50.4 Å². The number of rotatable bonds is 8. The molecule has 0 bridgehead atoms. The summed E-state index contributed by atoms with van der Waals surface area (Å²) in [4.78, 5) is 25.8. The summed E-state index contributed by atoms with van der Waals surface area (Å²) in [5.74, 6) is 5.04.